The molecule has 3 heterocycles. The predicted molar refractivity (Wildman–Crippen MR) is 98.4 cm³/mol. The van der Waals surface area contributed by atoms with Crippen LogP contribution in [0.15, 0.2) is 23.6 Å². The van der Waals surface area contributed by atoms with E-state index in [-0.39, 0.29) is 11.8 Å². The Balaban J connectivity index is 1.42. The van der Waals surface area contributed by atoms with Gasteiger partial charge in [0.05, 0.1) is 5.01 Å². The van der Waals surface area contributed by atoms with Crippen molar-refractivity contribution in [3.8, 4) is 0 Å². The molecule has 1 N–H and O–H groups in total. The van der Waals surface area contributed by atoms with Crippen LogP contribution in [0.25, 0.3) is 0 Å². The van der Waals surface area contributed by atoms with Crippen LogP contribution in [-0.2, 0) is 11.2 Å². The molecule has 0 atom stereocenters. The summed E-state index contributed by atoms with van der Waals surface area (Å²) in [5.74, 6) is 0.113. The lowest BCUT2D eigenvalue weighted by Gasteiger charge is -2.36. The second-order valence-electron chi connectivity index (χ2n) is 6.42. The molecule has 1 fully saturated rings. The molecule has 0 radical (unpaired) electrons. The fraction of sp³-hybridized carbons (Fsp3) is 0.389. The van der Waals surface area contributed by atoms with E-state index in [0.717, 1.165) is 35.9 Å². The number of nitrogens with one attached hydrogen (secondary N) is 1. The van der Waals surface area contributed by atoms with Crippen molar-refractivity contribution in [2.45, 2.75) is 19.8 Å². The van der Waals surface area contributed by atoms with Crippen molar-refractivity contribution in [2.75, 3.05) is 36.4 Å². The van der Waals surface area contributed by atoms with Gasteiger partial charge in [-0.25, -0.2) is 4.98 Å². The largest absolute Gasteiger partial charge is 0.368 e. The van der Waals surface area contributed by atoms with Crippen LogP contribution in [0, 0.1) is 6.92 Å². The molecule has 2 aromatic rings. The number of carbonyl (C=O) groups excluding carboxylic acids is 2. The lowest BCUT2D eigenvalue weighted by Crippen LogP contribution is -2.49. The van der Waals surface area contributed by atoms with Gasteiger partial charge in [-0.05, 0) is 37.1 Å². The third-order valence-corrected chi connectivity index (χ3v) is 5.53. The number of fused-ring (bicyclic) bond motifs is 1. The first kappa shape index (κ1) is 16.1. The molecule has 130 valence electrons. The minimum Gasteiger partial charge on any atom is -0.368 e. The van der Waals surface area contributed by atoms with Gasteiger partial charge in [0.2, 0.25) is 5.91 Å². The Kier molecular flexibility index (Phi) is 4.17. The first-order valence-electron chi connectivity index (χ1n) is 8.49. The summed E-state index contributed by atoms with van der Waals surface area (Å²) in [6.45, 7) is 4.92. The van der Waals surface area contributed by atoms with Gasteiger partial charge in [-0.1, -0.05) is 0 Å². The van der Waals surface area contributed by atoms with Crippen LogP contribution in [0.1, 0.15) is 27.5 Å². The summed E-state index contributed by atoms with van der Waals surface area (Å²) in [4.78, 5) is 32.4. The molecular weight excluding hydrogens is 336 g/mol. The number of carbonyl (C=O) groups is 2. The summed E-state index contributed by atoms with van der Waals surface area (Å²) < 4.78 is 0. The highest BCUT2D eigenvalue weighted by atomic mass is 32.1. The maximum absolute atomic E-state index is 12.5. The van der Waals surface area contributed by atoms with Crippen molar-refractivity contribution >= 4 is 34.5 Å². The van der Waals surface area contributed by atoms with Crippen molar-refractivity contribution in [3.63, 3.8) is 0 Å². The van der Waals surface area contributed by atoms with E-state index in [4.69, 9.17) is 0 Å². The zero-order chi connectivity index (χ0) is 17.4. The van der Waals surface area contributed by atoms with Crippen LogP contribution in [-0.4, -0.2) is 47.9 Å². The Hall–Kier alpha value is -2.41. The van der Waals surface area contributed by atoms with Crippen molar-refractivity contribution < 1.29 is 9.59 Å². The van der Waals surface area contributed by atoms with Crippen LogP contribution in [0.4, 0.5) is 11.4 Å². The van der Waals surface area contributed by atoms with Gasteiger partial charge in [-0.3, -0.25) is 9.59 Å². The summed E-state index contributed by atoms with van der Waals surface area (Å²) in [6.07, 6.45) is 1.34. The molecular formula is C18H20N4O2S. The molecule has 1 aromatic carbocycles. The first-order chi connectivity index (χ1) is 12.1. The van der Waals surface area contributed by atoms with E-state index in [0.29, 0.717) is 25.2 Å². The number of hydrogen-bond acceptors (Lipinski definition) is 5. The zero-order valence-corrected chi connectivity index (χ0v) is 14.9. The number of aryl methyl sites for hydroxylation is 2. The van der Waals surface area contributed by atoms with Crippen LogP contribution < -0.4 is 10.2 Å². The maximum Gasteiger partial charge on any atom is 0.273 e. The van der Waals surface area contributed by atoms with E-state index in [1.54, 1.807) is 0 Å². The number of hydrogen-bond donors (Lipinski definition) is 1. The topological polar surface area (TPSA) is 65.5 Å². The molecule has 2 amide bonds. The predicted octanol–water partition coefficient (Wildman–Crippen LogP) is 2.30. The second-order valence-corrected chi connectivity index (χ2v) is 7.48. The third kappa shape index (κ3) is 3.24. The zero-order valence-electron chi connectivity index (χ0n) is 14.1. The van der Waals surface area contributed by atoms with Gasteiger partial charge in [0.1, 0.15) is 5.69 Å². The van der Waals surface area contributed by atoms with Crippen molar-refractivity contribution in [3.05, 3.63) is 39.8 Å². The van der Waals surface area contributed by atoms with Crippen molar-refractivity contribution in [1.29, 1.82) is 0 Å². The van der Waals surface area contributed by atoms with Gasteiger partial charge in [-0.15, -0.1) is 11.3 Å². The Labute approximate surface area is 150 Å². The minimum atomic E-state index is 0.0251. The van der Waals surface area contributed by atoms with Crippen LogP contribution in [0.5, 0.6) is 0 Å². The Morgan fingerprint density at radius 2 is 2.00 bits per heavy atom. The molecule has 0 spiro atoms. The molecule has 0 unspecified atom stereocenters. The molecule has 6 nitrogen and oxygen atoms in total. The molecule has 7 heteroatoms. The molecule has 2 aliphatic heterocycles. The molecule has 0 saturated carbocycles. The molecule has 1 saturated heterocycles. The second kappa shape index (κ2) is 6.48. The van der Waals surface area contributed by atoms with Crippen LogP contribution >= 0.6 is 11.3 Å². The standard InChI is InChI=1S/C18H20N4O2S/c1-12-19-16(11-25-12)18(24)22-8-6-21(7-9-22)14-3-4-15-13(10-14)2-5-17(23)20-15/h3-4,10-11H,2,5-9H2,1H3,(H,20,23). The Morgan fingerprint density at radius 1 is 1.20 bits per heavy atom. The molecule has 2 aliphatic rings. The number of amides is 2. The average Bonchev–Trinajstić information content (AvgIpc) is 3.07. The van der Waals surface area contributed by atoms with Gasteiger partial charge >= 0.3 is 0 Å². The summed E-state index contributed by atoms with van der Waals surface area (Å²) in [5, 5.41) is 5.67. The normalized spacial score (nSPS) is 17.2. The quantitative estimate of drug-likeness (QED) is 0.897. The molecule has 25 heavy (non-hydrogen) atoms. The van der Waals surface area contributed by atoms with Gasteiger partial charge in [0.25, 0.3) is 5.91 Å². The minimum absolute atomic E-state index is 0.0251. The van der Waals surface area contributed by atoms with E-state index in [2.05, 4.69) is 21.3 Å². The van der Waals surface area contributed by atoms with E-state index in [1.165, 1.54) is 16.9 Å². The number of thiazole rings is 1. The smallest absolute Gasteiger partial charge is 0.273 e. The van der Waals surface area contributed by atoms with Gasteiger partial charge < -0.3 is 15.1 Å². The first-order valence-corrected chi connectivity index (χ1v) is 9.37. The van der Waals surface area contributed by atoms with Crippen LogP contribution in [0.3, 0.4) is 0 Å². The number of nitrogens with zero attached hydrogens (tertiary/aromatic N) is 3. The number of anilines is 2. The van der Waals surface area contributed by atoms with E-state index in [1.807, 2.05) is 29.3 Å². The summed E-state index contributed by atoms with van der Waals surface area (Å²) in [5.41, 5.74) is 3.83. The molecule has 4 rings (SSSR count). The maximum atomic E-state index is 12.5. The van der Waals surface area contributed by atoms with Gasteiger partial charge in [-0.2, -0.15) is 0 Å². The van der Waals surface area contributed by atoms with E-state index >= 15 is 0 Å². The molecule has 1 aromatic heterocycles. The van der Waals surface area contributed by atoms with Crippen LogP contribution in [0.2, 0.25) is 0 Å². The lowest BCUT2D eigenvalue weighted by atomic mass is 10.0. The number of benzene rings is 1. The third-order valence-electron chi connectivity index (χ3n) is 4.75. The SMILES string of the molecule is Cc1nc(C(=O)N2CCN(c3ccc4c(c3)CCC(=O)N4)CC2)cs1. The highest BCUT2D eigenvalue weighted by molar-refractivity contribution is 7.09. The summed E-state index contributed by atoms with van der Waals surface area (Å²) in [6, 6.07) is 6.19. The average molecular weight is 356 g/mol. The molecule has 0 bridgehead atoms. The number of piperazine rings is 1. The van der Waals surface area contributed by atoms with E-state index in [9.17, 15) is 9.59 Å². The Morgan fingerprint density at radius 3 is 2.72 bits per heavy atom. The fourth-order valence-corrected chi connectivity index (χ4v) is 3.94. The van der Waals surface area contributed by atoms with Crippen molar-refractivity contribution in [1.82, 2.24) is 9.88 Å². The van der Waals surface area contributed by atoms with Crippen molar-refractivity contribution in [2.24, 2.45) is 0 Å². The van der Waals surface area contributed by atoms with Gasteiger partial charge in [0, 0.05) is 49.4 Å². The van der Waals surface area contributed by atoms with E-state index < -0.39 is 0 Å². The lowest BCUT2D eigenvalue weighted by molar-refractivity contribution is -0.116. The Bertz CT molecular complexity index is 824. The van der Waals surface area contributed by atoms with Gasteiger partial charge in [0.15, 0.2) is 0 Å². The fourth-order valence-electron chi connectivity index (χ4n) is 3.36. The highest BCUT2D eigenvalue weighted by Gasteiger charge is 2.24. The highest BCUT2D eigenvalue weighted by Crippen LogP contribution is 2.28. The molecule has 0 aliphatic carbocycles. The monoisotopic (exact) mass is 356 g/mol. The number of aromatic nitrogens is 1. The summed E-state index contributed by atoms with van der Waals surface area (Å²) >= 11 is 1.51. The number of rotatable bonds is 2. The summed E-state index contributed by atoms with van der Waals surface area (Å²) in [7, 11) is 0.